The van der Waals surface area contributed by atoms with E-state index in [0.29, 0.717) is 5.92 Å². The van der Waals surface area contributed by atoms with Crippen LogP contribution >= 0.6 is 0 Å². The van der Waals surface area contributed by atoms with Crippen LogP contribution in [0.1, 0.15) is 39.0 Å². The molecule has 3 aliphatic rings. The topological polar surface area (TPSA) is 26.7 Å². The molecule has 2 saturated carbocycles. The molecule has 0 aromatic heterocycles. The van der Waals surface area contributed by atoms with Gasteiger partial charge in [-0.05, 0) is 58.8 Å². The summed E-state index contributed by atoms with van der Waals surface area (Å²) in [5.41, 5.74) is -0.578. The fraction of sp³-hybridized carbons (Fsp3) is 0.875. The second-order valence-electron chi connectivity index (χ2n) is 7.06. The standard InChI is InChI=1S/C16H28N2O/c1-12-16(19)14(5-4-6-15(16)17(2)3)9-10-18(12)11-13-7-8-13/h9-10,12-15,19H,4-8,11H2,1-3H3. The summed E-state index contributed by atoms with van der Waals surface area (Å²) in [6.07, 6.45) is 10.8. The van der Waals surface area contributed by atoms with Crippen molar-refractivity contribution in [2.45, 2.75) is 56.7 Å². The Kier molecular flexibility index (Phi) is 3.38. The van der Waals surface area contributed by atoms with Crippen molar-refractivity contribution in [2.75, 3.05) is 20.6 Å². The number of likely N-dealkylation sites (N-methyl/N-ethyl adjacent to an activating group) is 1. The van der Waals surface area contributed by atoms with Gasteiger partial charge in [0.05, 0.1) is 6.04 Å². The fourth-order valence-corrected chi connectivity index (χ4v) is 4.18. The Morgan fingerprint density at radius 1 is 1.26 bits per heavy atom. The lowest BCUT2D eigenvalue weighted by atomic mass is 9.66. The van der Waals surface area contributed by atoms with Gasteiger partial charge in [-0.15, -0.1) is 0 Å². The highest BCUT2D eigenvalue weighted by Gasteiger charge is 2.53. The lowest BCUT2D eigenvalue weighted by molar-refractivity contribution is -0.136. The van der Waals surface area contributed by atoms with Gasteiger partial charge in [0.2, 0.25) is 0 Å². The lowest BCUT2D eigenvalue weighted by Crippen LogP contribution is -2.67. The van der Waals surface area contributed by atoms with Crippen molar-refractivity contribution in [1.82, 2.24) is 9.80 Å². The van der Waals surface area contributed by atoms with Crippen LogP contribution < -0.4 is 0 Å². The monoisotopic (exact) mass is 264 g/mol. The molecule has 1 aliphatic heterocycles. The van der Waals surface area contributed by atoms with Gasteiger partial charge in [0, 0.05) is 18.5 Å². The van der Waals surface area contributed by atoms with E-state index in [1.807, 2.05) is 0 Å². The molecule has 0 saturated heterocycles. The molecule has 3 nitrogen and oxygen atoms in total. The Morgan fingerprint density at radius 2 is 2.00 bits per heavy atom. The van der Waals surface area contributed by atoms with Crippen LogP contribution in [0.2, 0.25) is 0 Å². The van der Waals surface area contributed by atoms with Crippen molar-refractivity contribution in [3.8, 4) is 0 Å². The normalized spacial score (nSPS) is 42.6. The van der Waals surface area contributed by atoms with Gasteiger partial charge in [-0.25, -0.2) is 0 Å². The van der Waals surface area contributed by atoms with E-state index < -0.39 is 5.60 Å². The minimum absolute atomic E-state index is 0.232. The predicted molar refractivity (Wildman–Crippen MR) is 77.8 cm³/mol. The van der Waals surface area contributed by atoms with Crippen molar-refractivity contribution >= 4 is 0 Å². The van der Waals surface area contributed by atoms with E-state index in [-0.39, 0.29) is 12.1 Å². The Hall–Kier alpha value is -0.540. The quantitative estimate of drug-likeness (QED) is 0.845. The first-order chi connectivity index (χ1) is 9.03. The Labute approximate surface area is 117 Å². The van der Waals surface area contributed by atoms with Crippen molar-refractivity contribution < 1.29 is 5.11 Å². The molecule has 4 atom stereocenters. The van der Waals surface area contributed by atoms with Crippen molar-refractivity contribution in [2.24, 2.45) is 11.8 Å². The zero-order valence-electron chi connectivity index (χ0n) is 12.5. The molecule has 3 rings (SSSR count). The maximum atomic E-state index is 11.5. The molecule has 0 spiro atoms. The molecule has 0 amide bonds. The van der Waals surface area contributed by atoms with Crippen molar-refractivity contribution in [1.29, 1.82) is 0 Å². The van der Waals surface area contributed by atoms with E-state index in [0.717, 1.165) is 25.3 Å². The summed E-state index contributed by atoms with van der Waals surface area (Å²) in [4.78, 5) is 4.63. The van der Waals surface area contributed by atoms with Crippen LogP contribution in [0.3, 0.4) is 0 Å². The molecule has 4 unspecified atom stereocenters. The van der Waals surface area contributed by atoms with Gasteiger partial charge >= 0.3 is 0 Å². The Bertz CT molecular complexity index is 364. The highest BCUT2D eigenvalue weighted by atomic mass is 16.3. The molecule has 1 heterocycles. The third-order valence-corrected chi connectivity index (χ3v) is 5.59. The number of fused-ring (bicyclic) bond motifs is 1. The minimum atomic E-state index is -0.578. The maximum absolute atomic E-state index is 11.5. The smallest absolute Gasteiger partial charge is 0.106 e. The number of hydrogen-bond acceptors (Lipinski definition) is 3. The highest BCUT2D eigenvalue weighted by Crippen LogP contribution is 2.44. The lowest BCUT2D eigenvalue weighted by Gasteiger charge is -2.55. The van der Waals surface area contributed by atoms with Gasteiger partial charge in [-0.3, -0.25) is 0 Å². The summed E-state index contributed by atoms with van der Waals surface area (Å²) in [5.74, 6) is 1.20. The fourth-order valence-electron chi connectivity index (χ4n) is 4.18. The summed E-state index contributed by atoms with van der Waals surface area (Å²) < 4.78 is 0. The molecular weight excluding hydrogens is 236 g/mol. The third-order valence-electron chi connectivity index (χ3n) is 5.59. The molecule has 0 radical (unpaired) electrons. The number of aliphatic hydroxyl groups is 1. The Morgan fingerprint density at radius 3 is 2.63 bits per heavy atom. The predicted octanol–water partition coefficient (Wildman–Crippen LogP) is 2.08. The van der Waals surface area contributed by atoms with Gasteiger partial charge in [-0.1, -0.05) is 12.5 Å². The second-order valence-corrected chi connectivity index (χ2v) is 7.06. The van der Waals surface area contributed by atoms with Crippen LogP contribution in [0, 0.1) is 11.8 Å². The molecule has 108 valence electrons. The Balaban J connectivity index is 1.86. The molecule has 1 N–H and O–H groups in total. The summed E-state index contributed by atoms with van der Waals surface area (Å²) in [6.45, 7) is 3.35. The average Bonchev–Trinajstić information content (AvgIpc) is 3.17. The first kappa shape index (κ1) is 13.4. The van der Waals surface area contributed by atoms with Gasteiger partial charge < -0.3 is 14.9 Å². The number of hydrogen-bond donors (Lipinski definition) is 1. The minimum Gasteiger partial charge on any atom is -0.385 e. The summed E-state index contributed by atoms with van der Waals surface area (Å²) >= 11 is 0. The van der Waals surface area contributed by atoms with Crippen LogP contribution in [0.5, 0.6) is 0 Å². The summed E-state index contributed by atoms with van der Waals surface area (Å²) in [5, 5.41) is 11.5. The van der Waals surface area contributed by atoms with E-state index >= 15 is 0 Å². The van der Waals surface area contributed by atoms with Crippen LogP contribution in [0.15, 0.2) is 12.3 Å². The van der Waals surface area contributed by atoms with E-state index in [1.54, 1.807) is 0 Å². The van der Waals surface area contributed by atoms with Crippen LogP contribution in [-0.4, -0.2) is 53.2 Å². The second kappa shape index (κ2) is 4.78. The third kappa shape index (κ3) is 2.21. The average molecular weight is 264 g/mol. The number of rotatable bonds is 3. The van der Waals surface area contributed by atoms with E-state index in [4.69, 9.17) is 0 Å². The zero-order valence-corrected chi connectivity index (χ0v) is 12.5. The van der Waals surface area contributed by atoms with Crippen molar-refractivity contribution in [3.63, 3.8) is 0 Å². The molecule has 19 heavy (non-hydrogen) atoms. The first-order valence-corrected chi connectivity index (χ1v) is 7.86. The largest absolute Gasteiger partial charge is 0.385 e. The van der Waals surface area contributed by atoms with E-state index in [1.165, 1.54) is 19.3 Å². The SMILES string of the molecule is CC1N(CC2CC2)C=CC2CCCC(N(C)C)C21O. The zero-order chi connectivity index (χ0) is 13.6. The van der Waals surface area contributed by atoms with Crippen molar-refractivity contribution in [3.05, 3.63) is 12.3 Å². The first-order valence-electron chi connectivity index (χ1n) is 7.86. The van der Waals surface area contributed by atoms with Gasteiger partial charge in [0.15, 0.2) is 0 Å². The van der Waals surface area contributed by atoms with Gasteiger partial charge in [0.25, 0.3) is 0 Å². The van der Waals surface area contributed by atoms with E-state index in [2.05, 4.69) is 43.1 Å². The summed E-state index contributed by atoms with van der Waals surface area (Å²) in [6, 6.07) is 0.517. The molecule has 0 aromatic carbocycles. The molecule has 2 fully saturated rings. The molecule has 2 aliphatic carbocycles. The van der Waals surface area contributed by atoms with Crippen LogP contribution in [0.25, 0.3) is 0 Å². The molecule has 3 heteroatoms. The van der Waals surface area contributed by atoms with E-state index in [9.17, 15) is 5.11 Å². The van der Waals surface area contributed by atoms with Gasteiger partial charge in [0.1, 0.15) is 5.60 Å². The molecular formula is C16H28N2O. The van der Waals surface area contributed by atoms with Crippen LogP contribution in [0.4, 0.5) is 0 Å². The molecule has 0 bridgehead atoms. The molecule has 0 aromatic rings. The van der Waals surface area contributed by atoms with Crippen LogP contribution in [-0.2, 0) is 0 Å². The summed E-state index contributed by atoms with van der Waals surface area (Å²) in [7, 11) is 4.22. The number of nitrogens with zero attached hydrogens (tertiary/aromatic N) is 2. The highest BCUT2D eigenvalue weighted by molar-refractivity contribution is 5.17. The van der Waals surface area contributed by atoms with Gasteiger partial charge in [-0.2, -0.15) is 0 Å². The maximum Gasteiger partial charge on any atom is 0.106 e.